The molecule has 3 rings (SSSR count). The zero-order chi connectivity index (χ0) is 13.9. The average Bonchev–Trinajstić information content (AvgIpc) is 2.97. The van der Waals surface area contributed by atoms with Crippen molar-refractivity contribution in [3.63, 3.8) is 0 Å². The summed E-state index contributed by atoms with van der Waals surface area (Å²) in [6.07, 6.45) is 1.76. The first-order valence-corrected chi connectivity index (χ1v) is 6.55. The lowest BCUT2D eigenvalue weighted by Gasteiger charge is -2.22. The van der Waals surface area contributed by atoms with Gasteiger partial charge in [0, 0.05) is 19.3 Å². The monoisotopic (exact) mass is 268 g/mol. The van der Waals surface area contributed by atoms with Crippen LogP contribution in [0.3, 0.4) is 0 Å². The molecule has 0 saturated carbocycles. The van der Waals surface area contributed by atoms with Crippen LogP contribution in [0.5, 0.6) is 0 Å². The highest BCUT2D eigenvalue weighted by atomic mass is 15.3. The van der Waals surface area contributed by atoms with Gasteiger partial charge in [-0.15, -0.1) is 0 Å². The molecule has 2 N–H and O–H groups in total. The smallest absolute Gasteiger partial charge is 0.226 e. The highest BCUT2D eigenvalue weighted by molar-refractivity contribution is 5.89. The van der Waals surface area contributed by atoms with E-state index < -0.39 is 0 Å². The number of nitrogens with one attached hydrogen (secondary N) is 2. The number of aromatic nitrogens is 4. The van der Waals surface area contributed by atoms with E-state index in [1.165, 1.54) is 0 Å². The predicted molar refractivity (Wildman–Crippen MR) is 80.4 cm³/mol. The molecule has 0 fully saturated rings. The maximum Gasteiger partial charge on any atom is 0.226 e. The Kier molecular flexibility index (Phi) is 3.20. The third-order valence-electron chi connectivity index (χ3n) is 3.15. The normalized spacial score (nSPS) is 10.7. The summed E-state index contributed by atoms with van der Waals surface area (Å²) in [5, 5.41) is 10.9. The first-order valence-electron chi connectivity index (χ1n) is 6.55. The Morgan fingerprint density at radius 1 is 1.20 bits per heavy atom. The number of fused-ring (bicyclic) bond motifs is 1. The van der Waals surface area contributed by atoms with Crippen molar-refractivity contribution in [2.24, 2.45) is 0 Å². The summed E-state index contributed by atoms with van der Waals surface area (Å²) in [5.41, 5.74) is 1.83. The van der Waals surface area contributed by atoms with Crippen molar-refractivity contribution in [2.75, 3.05) is 23.8 Å². The molecule has 0 aliphatic carbocycles. The van der Waals surface area contributed by atoms with E-state index in [1.807, 2.05) is 18.2 Å². The highest BCUT2D eigenvalue weighted by Gasteiger charge is 2.15. The Morgan fingerprint density at radius 2 is 2.00 bits per heavy atom. The summed E-state index contributed by atoms with van der Waals surface area (Å²) in [5.74, 6) is 1.42. The SMILES string of the molecule is CCN(c1ccccc1)c1nc(NC)nc2[nH]ncc12. The second-order valence-corrected chi connectivity index (χ2v) is 4.33. The van der Waals surface area contributed by atoms with Gasteiger partial charge in [-0.05, 0) is 19.1 Å². The van der Waals surface area contributed by atoms with Gasteiger partial charge in [-0.2, -0.15) is 15.1 Å². The molecule has 0 aliphatic heterocycles. The summed E-state index contributed by atoms with van der Waals surface area (Å²) < 4.78 is 0. The minimum absolute atomic E-state index is 0.575. The molecular weight excluding hydrogens is 252 g/mol. The molecule has 1 aromatic carbocycles. The Balaban J connectivity index is 2.18. The van der Waals surface area contributed by atoms with Crippen molar-refractivity contribution in [3.8, 4) is 0 Å². The van der Waals surface area contributed by atoms with Gasteiger partial charge < -0.3 is 10.2 Å². The highest BCUT2D eigenvalue weighted by Crippen LogP contribution is 2.29. The molecule has 0 radical (unpaired) electrons. The van der Waals surface area contributed by atoms with Gasteiger partial charge in [0.25, 0.3) is 0 Å². The third kappa shape index (κ3) is 2.05. The molecule has 0 atom stereocenters. The minimum Gasteiger partial charge on any atom is -0.357 e. The van der Waals surface area contributed by atoms with Gasteiger partial charge in [0.05, 0.1) is 11.6 Å². The summed E-state index contributed by atoms with van der Waals surface area (Å²) in [7, 11) is 1.81. The summed E-state index contributed by atoms with van der Waals surface area (Å²) in [6.45, 7) is 2.91. The first kappa shape index (κ1) is 12.4. The van der Waals surface area contributed by atoms with Gasteiger partial charge in [0.2, 0.25) is 5.95 Å². The molecule has 0 spiro atoms. The van der Waals surface area contributed by atoms with E-state index in [4.69, 9.17) is 0 Å². The number of benzene rings is 1. The number of hydrogen-bond donors (Lipinski definition) is 2. The molecule has 0 amide bonds. The maximum atomic E-state index is 4.58. The molecular formula is C14H16N6. The van der Waals surface area contributed by atoms with Crippen LogP contribution in [0.2, 0.25) is 0 Å². The fourth-order valence-corrected chi connectivity index (χ4v) is 2.20. The van der Waals surface area contributed by atoms with Crippen molar-refractivity contribution in [1.82, 2.24) is 20.2 Å². The molecule has 0 unspecified atom stereocenters. The Hall–Kier alpha value is -2.63. The Labute approximate surface area is 116 Å². The van der Waals surface area contributed by atoms with Crippen molar-refractivity contribution in [2.45, 2.75) is 6.92 Å². The van der Waals surface area contributed by atoms with Crippen molar-refractivity contribution >= 4 is 28.5 Å². The van der Waals surface area contributed by atoms with E-state index in [2.05, 4.69) is 49.4 Å². The minimum atomic E-state index is 0.575. The van der Waals surface area contributed by atoms with Crippen molar-refractivity contribution in [1.29, 1.82) is 0 Å². The van der Waals surface area contributed by atoms with E-state index >= 15 is 0 Å². The summed E-state index contributed by atoms with van der Waals surface area (Å²) >= 11 is 0. The molecule has 0 bridgehead atoms. The van der Waals surface area contributed by atoms with E-state index in [1.54, 1.807) is 13.2 Å². The van der Waals surface area contributed by atoms with Gasteiger partial charge in [0.15, 0.2) is 5.65 Å². The lowest BCUT2D eigenvalue weighted by atomic mass is 10.2. The number of aromatic amines is 1. The summed E-state index contributed by atoms with van der Waals surface area (Å²) in [4.78, 5) is 11.1. The van der Waals surface area contributed by atoms with E-state index in [0.717, 1.165) is 29.1 Å². The van der Waals surface area contributed by atoms with Crippen LogP contribution in [0.4, 0.5) is 17.5 Å². The van der Waals surface area contributed by atoms with Crippen LogP contribution in [-0.2, 0) is 0 Å². The lowest BCUT2D eigenvalue weighted by Crippen LogP contribution is -2.18. The topological polar surface area (TPSA) is 69.7 Å². The predicted octanol–water partition coefficient (Wildman–Crippen LogP) is 2.55. The van der Waals surface area contributed by atoms with Gasteiger partial charge in [-0.3, -0.25) is 5.10 Å². The number of rotatable bonds is 4. The largest absolute Gasteiger partial charge is 0.357 e. The molecule has 0 aliphatic rings. The molecule has 102 valence electrons. The molecule has 0 saturated heterocycles. The molecule has 6 nitrogen and oxygen atoms in total. The van der Waals surface area contributed by atoms with Crippen LogP contribution in [0, 0.1) is 0 Å². The van der Waals surface area contributed by atoms with Crippen LogP contribution in [-0.4, -0.2) is 33.8 Å². The molecule has 6 heteroatoms. The fraction of sp³-hybridized carbons (Fsp3) is 0.214. The zero-order valence-corrected chi connectivity index (χ0v) is 11.5. The maximum absolute atomic E-state index is 4.58. The molecule has 2 heterocycles. The second-order valence-electron chi connectivity index (χ2n) is 4.33. The Bertz CT molecular complexity index is 706. The Morgan fingerprint density at radius 3 is 2.70 bits per heavy atom. The number of hydrogen-bond acceptors (Lipinski definition) is 5. The van der Waals surface area contributed by atoms with Gasteiger partial charge >= 0.3 is 0 Å². The average molecular weight is 268 g/mol. The van der Waals surface area contributed by atoms with E-state index in [-0.39, 0.29) is 0 Å². The quantitative estimate of drug-likeness (QED) is 0.761. The third-order valence-corrected chi connectivity index (χ3v) is 3.15. The van der Waals surface area contributed by atoms with E-state index in [0.29, 0.717) is 5.95 Å². The van der Waals surface area contributed by atoms with Gasteiger partial charge in [0.1, 0.15) is 5.82 Å². The number of H-pyrrole nitrogens is 1. The van der Waals surface area contributed by atoms with Crippen LogP contribution in [0.15, 0.2) is 36.5 Å². The van der Waals surface area contributed by atoms with E-state index in [9.17, 15) is 0 Å². The van der Waals surface area contributed by atoms with Crippen molar-refractivity contribution in [3.05, 3.63) is 36.5 Å². The number of para-hydroxylation sites is 1. The number of anilines is 3. The lowest BCUT2D eigenvalue weighted by molar-refractivity contribution is 0.989. The first-order chi connectivity index (χ1) is 9.83. The zero-order valence-electron chi connectivity index (χ0n) is 11.5. The molecule has 3 aromatic rings. The standard InChI is InChI=1S/C14H16N6/c1-3-20(10-7-5-4-6-8-10)13-11-9-16-19-12(11)17-14(15-2)18-13/h4-9H,3H2,1-2H3,(H2,15,16,17,18,19). The van der Waals surface area contributed by atoms with Crippen LogP contribution < -0.4 is 10.2 Å². The van der Waals surface area contributed by atoms with Crippen LogP contribution >= 0.6 is 0 Å². The molecule has 20 heavy (non-hydrogen) atoms. The van der Waals surface area contributed by atoms with Gasteiger partial charge in [-0.25, -0.2) is 0 Å². The van der Waals surface area contributed by atoms with Crippen molar-refractivity contribution < 1.29 is 0 Å². The summed E-state index contributed by atoms with van der Waals surface area (Å²) in [6, 6.07) is 10.2. The van der Waals surface area contributed by atoms with Gasteiger partial charge in [-0.1, -0.05) is 18.2 Å². The van der Waals surface area contributed by atoms with Crippen LogP contribution in [0.1, 0.15) is 6.92 Å². The number of nitrogens with zero attached hydrogens (tertiary/aromatic N) is 4. The van der Waals surface area contributed by atoms with Crippen LogP contribution in [0.25, 0.3) is 11.0 Å². The molecule has 2 aromatic heterocycles. The second kappa shape index (κ2) is 5.16. The fourth-order valence-electron chi connectivity index (χ4n) is 2.20.